The van der Waals surface area contributed by atoms with Crippen molar-refractivity contribution in [1.82, 2.24) is 4.90 Å². The maximum Gasteiger partial charge on any atom is 0.144 e. The molecule has 2 aliphatic heterocycles. The molecule has 2 atom stereocenters. The molecule has 0 aromatic heterocycles. The molecule has 2 fully saturated rings. The highest BCUT2D eigenvalue weighted by Crippen LogP contribution is 2.46. The van der Waals surface area contributed by atoms with E-state index in [1.807, 2.05) is 12.1 Å². The number of hydrogen-bond acceptors (Lipinski definition) is 2. The van der Waals surface area contributed by atoms with Crippen molar-refractivity contribution in [1.29, 1.82) is 0 Å². The molecule has 0 spiro atoms. The highest BCUT2D eigenvalue weighted by molar-refractivity contribution is 5.92. The second-order valence-corrected chi connectivity index (χ2v) is 8.29. The zero-order valence-electron chi connectivity index (χ0n) is 15.9. The summed E-state index contributed by atoms with van der Waals surface area (Å²) in [5.41, 5.74) is 1.76. The minimum atomic E-state index is -0.525. The van der Waals surface area contributed by atoms with Crippen molar-refractivity contribution in [2.75, 3.05) is 7.05 Å². The van der Waals surface area contributed by atoms with Crippen LogP contribution in [0.15, 0.2) is 60.7 Å². The first-order valence-electron chi connectivity index (χ1n) is 9.95. The fraction of sp³-hybridized carbons (Fsp3) is 0.458. The highest BCUT2D eigenvalue weighted by atomic mass is 16.1. The molecule has 0 saturated carbocycles. The van der Waals surface area contributed by atoms with Crippen LogP contribution in [0.4, 0.5) is 0 Å². The Hall–Kier alpha value is -1.93. The topological polar surface area (TPSA) is 20.3 Å². The van der Waals surface area contributed by atoms with Crippen LogP contribution in [0.3, 0.4) is 0 Å². The molecule has 0 aliphatic carbocycles. The molecule has 2 aromatic rings. The van der Waals surface area contributed by atoms with E-state index in [1.165, 1.54) is 25.7 Å². The number of ketones is 1. The van der Waals surface area contributed by atoms with E-state index < -0.39 is 5.41 Å². The Morgan fingerprint density at radius 2 is 1.38 bits per heavy atom. The molecule has 0 radical (unpaired) electrons. The molecule has 2 nitrogen and oxygen atoms in total. The number of carbonyl (C=O) groups is 1. The first-order chi connectivity index (χ1) is 12.6. The predicted octanol–water partition coefficient (Wildman–Crippen LogP) is 4.82. The Kier molecular flexibility index (Phi) is 4.71. The number of hydrogen-bond donors (Lipinski definition) is 0. The van der Waals surface area contributed by atoms with Crippen LogP contribution in [-0.2, 0) is 10.2 Å². The molecule has 2 heteroatoms. The van der Waals surface area contributed by atoms with Crippen LogP contribution in [-0.4, -0.2) is 29.8 Å². The summed E-state index contributed by atoms with van der Waals surface area (Å²) in [5.74, 6) is 0.870. The van der Waals surface area contributed by atoms with Crippen LogP contribution in [0.1, 0.15) is 50.2 Å². The van der Waals surface area contributed by atoms with Gasteiger partial charge in [0.15, 0.2) is 0 Å². The van der Waals surface area contributed by atoms with E-state index in [1.54, 1.807) is 6.92 Å². The lowest BCUT2D eigenvalue weighted by Gasteiger charge is -2.41. The van der Waals surface area contributed by atoms with Crippen LogP contribution in [0.5, 0.6) is 0 Å². The Morgan fingerprint density at radius 3 is 1.81 bits per heavy atom. The second kappa shape index (κ2) is 7.00. The fourth-order valence-electron chi connectivity index (χ4n) is 5.52. The SMILES string of the molecule is CC(=O)C(CC1CC2CCC(C1)N2C)(c1ccccc1)c1ccccc1. The largest absolute Gasteiger partial charge is 0.300 e. The summed E-state index contributed by atoms with van der Waals surface area (Å²) in [5, 5.41) is 0. The molecule has 2 saturated heterocycles. The first-order valence-corrected chi connectivity index (χ1v) is 9.95. The molecule has 26 heavy (non-hydrogen) atoms. The third-order valence-electron chi connectivity index (χ3n) is 6.92. The average molecular weight is 348 g/mol. The van der Waals surface area contributed by atoms with Gasteiger partial charge in [0.1, 0.15) is 5.78 Å². The zero-order chi connectivity index (χ0) is 18.1. The Balaban J connectivity index is 1.75. The van der Waals surface area contributed by atoms with Gasteiger partial charge in [-0.3, -0.25) is 4.79 Å². The Morgan fingerprint density at radius 1 is 0.923 bits per heavy atom. The number of rotatable bonds is 5. The van der Waals surface area contributed by atoms with Gasteiger partial charge in [-0.15, -0.1) is 0 Å². The second-order valence-electron chi connectivity index (χ2n) is 8.29. The first kappa shape index (κ1) is 17.5. The highest BCUT2D eigenvalue weighted by Gasteiger charge is 2.45. The van der Waals surface area contributed by atoms with E-state index in [0.29, 0.717) is 18.0 Å². The van der Waals surface area contributed by atoms with Gasteiger partial charge in [-0.1, -0.05) is 60.7 Å². The van der Waals surface area contributed by atoms with E-state index in [2.05, 4.69) is 60.5 Å². The smallest absolute Gasteiger partial charge is 0.144 e. The zero-order valence-corrected chi connectivity index (χ0v) is 15.9. The van der Waals surface area contributed by atoms with Gasteiger partial charge in [0.05, 0.1) is 5.41 Å². The minimum Gasteiger partial charge on any atom is -0.300 e. The van der Waals surface area contributed by atoms with E-state index in [0.717, 1.165) is 17.5 Å². The molecule has 4 rings (SSSR count). The van der Waals surface area contributed by atoms with Gasteiger partial charge in [0.25, 0.3) is 0 Å². The number of nitrogens with zero attached hydrogens (tertiary/aromatic N) is 1. The van der Waals surface area contributed by atoms with Crippen molar-refractivity contribution in [3.05, 3.63) is 71.8 Å². The van der Waals surface area contributed by atoms with Crippen LogP contribution in [0.2, 0.25) is 0 Å². The van der Waals surface area contributed by atoms with Gasteiger partial charge in [0.2, 0.25) is 0 Å². The summed E-state index contributed by atoms with van der Waals surface area (Å²) in [6, 6.07) is 22.3. The molecular weight excluding hydrogens is 318 g/mol. The number of piperidine rings is 1. The standard InChI is InChI=1S/C24H29NO/c1-18(26)24(20-9-5-3-6-10-20,21-11-7-4-8-12-21)17-19-15-22-13-14-23(16-19)25(22)2/h3-12,19,22-23H,13-17H2,1-2H3. The quantitative estimate of drug-likeness (QED) is 0.772. The molecule has 2 heterocycles. The summed E-state index contributed by atoms with van der Waals surface area (Å²) in [4.78, 5) is 15.8. The van der Waals surface area contributed by atoms with Gasteiger partial charge in [0, 0.05) is 12.1 Å². The van der Waals surface area contributed by atoms with E-state index in [4.69, 9.17) is 0 Å². The van der Waals surface area contributed by atoms with Crippen LogP contribution >= 0.6 is 0 Å². The molecule has 0 amide bonds. The lowest BCUT2D eigenvalue weighted by atomic mass is 9.65. The van der Waals surface area contributed by atoms with Crippen molar-refractivity contribution in [3.63, 3.8) is 0 Å². The van der Waals surface area contributed by atoms with Crippen molar-refractivity contribution < 1.29 is 4.79 Å². The van der Waals surface area contributed by atoms with Crippen molar-refractivity contribution in [3.8, 4) is 0 Å². The summed E-state index contributed by atoms with van der Waals surface area (Å²) in [6.45, 7) is 1.78. The van der Waals surface area contributed by atoms with Gasteiger partial charge in [-0.2, -0.15) is 0 Å². The van der Waals surface area contributed by atoms with E-state index >= 15 is 0 Å². The number of fused-ring (bicyclic) bond motifs is 2. The maximum absolute atomic E-state index is 13.2. The molecule has 0 N–H and O–H groups in total. The molecule has 2 aliphatic rings. The number of Topliss-reactive ketones (excluding diaryl/α,β-unsaturated/α-hetero) is 1. The minimum absolute atomic E-state index is 0.265. The predicted molar refractivity (Wildman–Crippen MR) is 106 cm³/mol. The van der Waals surface area contributed by atoms with Gasteiger partial charge < -0.3 is 4.90 Å². The molecule has 136 valence electrons. The fourth-order valence-corrected chi connectivity index (χ4v) is 5.52. The lowest BCUT2D eigenvalue weighted by molar-refractivity contribution is -0.121. The van der Waals surface area contributed by atoms with Crippen molar-refractivity contribution in [2.24, 2.45) is 5.92 Å². The third-order valence-corrected chi connectivity index (χ3v) is 6.92. The van der Waals surface area contributed by atoms with Gasteiger partial charge >= 0.3 is 0 Å². The van der Waals surface area contributed by atoms with E-state index in [9.17, 15) is 4.79 Å². The third kappa shape index (κ3) is 2.91. The Bertz CT molecular complexity index is 701. The average Bonchev–Trinajstić information content (AvgIpc) is 2.88. The van der Waals surface area contributed by atoms with Crippen LogP contribution < -0.4 is 0 Å². The summed E-state index contributed by atoms with van der Waals surface area (Å²) < 4.78 is 0. The molecule has 2 aromatic carbocycles. The van der Waals surface area contributed by atoms with Crippen LogP contribution in [0, 0.1) is 5.92 Å². The van der Waals surface area contributed by atoms with Gasteiger partial charge in [-0.25, -0.2) is 0 Å². The van der Waals surface area contributed by atoms with Crippen molar-refractivity contribution in [2.45, 2.75) is 56.5 Å². The summed E-state index contributed by atoms with van der Waals surface area (Å²) in [6.07, 6.45) is 6.02. The maximum atomic E-state index is 13.2. The summed E-state index contributed by atoms with van der Waals surface area (Å²) in [7, 11) is 2.28. The van der Waals surface area contributed by atoms with Crippen LogP contribution in [0.25, 0.3) is 0 Å². The molecule has 2 unspecified atom stereocenters. The van der Waals surface area contributed by atoms with E-state index in [-0.39, 0.29) is 5.78 Å². The normalized spacial score (nSPS) is 26.0. The summed E-state index contributed by atoms with van der Waals surface area (Å²) >= 11 is 0. The Labute approximate surface area is 157 Å². The van der Waals surface area contributed by atoms with Crippen molar-refractivity contribution >= 4 is 5.78 Å². The lowest BCUT2D eigenvalue weighted by Crippen LogP contribution is -2.44. The number of carbonyl (C=O) groups excluding carboxylic acids is 1. The van der Waals surface area contributed by atoms with Gasteiger partial charge in [-0.05, 0) is 63.1 Å². The number of benzene rings is 2. The molecule has 2 bridgehead atoms. The molecular formula is C24H29NO. The monoisotopic (exact) mass is 347 g/mol.